The summed E-state index contributed by atoms with van der Waals surface area (Å²) in [6, 6.07) is 4.55. The number of nitro benzene ring substituents is 1. The van der Waals surface area contributed by atoms with Crippen LogP contribution in [0.25, 0.3) is 0 Å². The van der Waals surface area contributed by atoms with E-state index in [9.17, 15) is 10.1 Å². The zero-order chi connectivity index (χ0) is 13.0. The lowest BCUT2D eigenvalue weighted by Crippen LogP contribution is -2.14. The van der Waals surface area contributed by atoms with Crippen molar-refractivity contribution in [2.45, 2.75) is 13.1 Å². The molecular weight excluding hydrogens is 260 g/mol. The molecule has 0 spiro atoms. The van der Waals surface area contributed by atoms with E-state index in [1.165, 1.54) is 12.5 Å². The van der Waals surface area contributed by atoms with Gasteiger partial charge in [0.25, 0.3) is 5.69 Å². The van der Waals surface area contributed by atoms with Crippen LogP contribution in [0.3, 0.4) is 0 Å². The minimum absolute atomic E-state index is 0.0110. The SMILES string of the molecule is O=[N+]([O-])c1cc(Cl)ccc1CNCc1ncon1. The van der Waals surface area contributed by atoms with Gasteiger partial charge in [-0.2, -0.15) is 4.98 Å². The average molecular weight is 269 g/mol. The maximum absolute atomic E-state index is 10.8. The molecule has 18 heavy (non-hydrogen) atoms. The summed E-state index contributed by atoms with van der Waals surface area (Å²) >= 11 is 5.72. The summed E-state index contributed by atoms with van der Waals surface area (Å²) in [5.41, 5.74) is 0.538. The molecule has 0 aliphatic heterocycles. The molecule has 0 aliphatic carbocycles. The van der Waals surface area contributed by atoms with E-state index in [0.29, 0.717) is 29.5 Å². The summed E-state index contributed by atoms with van der Waals surface area (Å²) in [4.78, 5) is 14.2. The number of hydrogen-bond donors (Lipinski definition) is 1. The van der Waals surface area contributed by atoms with Crippen LogP contribution in [0, 0.1) is 10.1 Å². The average Bonchev–Trinajstić information content (AvgIpc) is 2.84. The molecule has 0 radical (unpaired) electrons. The van der Waals surface area contributed by atoms with E-state index < -0.39 is 4.92 Å². The smallest absolute Gasteiger partial charge is 0.275 e. The van der Waals surface area contributed by atoms with Crippen molar-refractivity contribution < 1.29 is 9.45 Å². The molecule has 1 aromatic carbocycles. The molecule has 0 saturated heterocycles. The van der Waals surface area contributed by atoms with E-state index in [1.807, 2.05) is 0 Å². The summed E-state index contributed by atoms with van der Waals surface area (Å²) in [6.07, 6.45) is 1.22. The van der Waals surface area contributed by atoms with Crippen LogP contribution in [0.1, 0.15) is 11.4 Å². The van der Waals surface area contributed by atoms with Gasteiger partial charge in [0.1, 0.15) is 0 Å². The highest BCUT2D eigenvalue weighted by Crippen LogP contribution is 2.22. The van der Waals surface area contributed by atoms with Gasteiger partial charge in [0, 0.05) is 23.2 Å². The van der Waals surface area contributed by atoms with Gasteiger partial charge in [0.2, 0.25) is 6.39 Å². The number of hydrogen-bond acceptors (Lipinski definition) is 6. The van der Waals surface area contributed by atoms with Gasteiger partial charge in [-0.15, -0.1) is 0 Å². The maximum Gasteiger partial charge on any atom is 0.275 e. The van der Waals surface area contributed by atoms with Crippen LogP contribution in [-0.4, -0.2) is 15.1 Å². The first-order valence-electron chi connectivity index (χ1n) is 5.05. The fraction of sp³-hybridized carbons (Fsp3) is 0.200. The Morgan fingerprint density at radius 1 is 1.44 bits per heavy atom. The normalized spacial score (nSPS) is 10.5. The first-order chi connectivity index (χ1) is 8.66. The zero-order valence-electron chi connectivity index (χ0n) is 9.17. The Morgan fingerprint density at radius 3 is 2.94 bits per heavy atom. The number of nitrogens with one attached hydrogen (secondary N) is 1. The Balaban J connectivity index is 2.02. The number of aromatic nitrogens is 2. The van der Waals surface area contributed by atoms with Gasteiger partial charge in [-0.1, -0.05) is 16.8 Å². The summed E-state index contributed by atoms with van der Waals surface area (Å²) in [5, 5.41) is 17.8. The number of nitrogens with zero attached hydrogens (tertiary/aromatic N) is 3. The van der Waals surface area contributed by atoms with E-state index in [1.54, 1.807) is 12.1 Å². The summed E-state index contributed by atoms with van der Waals surface area (Å²) < 4.78 is 4.57. The van der Waals surface area contributed by atoms with Gasteiger partial charge in [-0.3, -0.25) is 10.1 Å². The van der Waals surface area contributed by atoms with Crippen LogP contribution in [0.15, 0.2) is 29.1 Å². The second-order valence-electron chi connectivity index (χ2n) is 3.48. The highest BCUT2D eigenvalue weighted by atomic mass is 35.5. The zero-order valence-corrected chi connectivity index (χ0v) is 9.92. The number of halogens is 1. The molecule has 8 heteroatoms. The molecule has 7 nitrogen and oxygen atoms in total. The second kappa shape index (κ2) is 5.56. The molecule has 1 aromatic heterocycles. The summed E-state index contributed by atoms with van der Waals surface area (Å²) in [5.74, 6) is 0.492. The monoisotopic (exact) mass is 268 g/mol. The minimum atomic E-state index is -0.461. The van der Waals surface area contributed by atoms with Crippen LogP contribution in [-0.2, 0) is 13.1 Å². The third-order valence-corrected chi connectivity index (χ3v) is 2.48. The number of benzene rings is 1. The predicted octanol–water partition coefficient (Wildman–Crippen LogP) is 1.92. The topological polar surface area (TPSA) is 94.1 Å². The van der Waals surface area contributed by atoms with Crippen LogP contribution in [0.2, 0.25) is 5.02 Å². The second-order valence-corrected chi connectivity index (χ2v) is 3.92. The third kappa shape index (κ3) is 3.02. The predicted molar refractivity (Wildman–Crippen MR) is 62.9 cm³/mol. The lowest BCUT2D eigenvalue weighted by Gasteiger charge is -2.04. The molecule has 0 aliphatic rings. The number of rotatable bonds is 5. The Labute approximate surface area is 107 Å². The molecule has 0 amide bonds. The molecule has 0 atom stereocenters. The largest absolute Gasteiger partial charge is 0.343 e. The van der Waals surface area contributed by atoms with Crippen molar-refractivity contribution in [3.63, 3.8) is 0 Å². The fourth-order valence-corrected chi connectivity index (χ4v) is 1.60. The Hall–Kier alpha value is -1.99. The molecule has 0 unspecified atom stereocenters. The van der Waals surface area contributed by atoms with Crippen molar-refractivity contribution >= 4 is 17.3 Å². The van der Waals surface area contributed by atoms with Crippen molar-refractivity contribution in [2.24, 2.45) is 0 Å². The van der Waals surface area contributed by atoms with Gasteiger partial charge in [-0.05, 0) is 12.1 Å². The van der Waals surface area contributed by atoms with E-state index in [4.69, 9.17) is 11.6 Å². The van der Waals surface area contributed by atoms with E-state index in [-0.39, 0.29) is 5.69 Å². The van der Waals surface area contributed by atoms with Crippen LogP contribution in [0.5, 0.6) is 0 Å². The Bertz CT molecular complexity index is 544. The van der Waals surface area contributed by atoms with E-state index in [0.717, 1.165) is 0 Å². The van der Waals surface area contributed by atoms with Gasteiger partial charge < -0.3 is 9.84 Å². The Kier molecular flexibility index (Phi) is 3.85. The molecule has 2 aromatic rings. The van der Waals surface area contributed by atoms with E-state index >= 15 is 0 Å². The molecule has 94 valence electrons. The molecule has 1 heterocycles. The van der Waals surface area contributed by atoms with Crippen molar-refractivity contribution in [2.75, 3.05) is 0 Å². The third-order valence-electron chi connectivity index (χ3n) is 2.25. The first kappa shape index (κ1) is 12.5. The van der Waals surface area contributed by atoms with Gasteiger partial charge in [0.15, 0.2) is 5.82 Å². The highest BCUT2D eigenvalue weighted by Gasteiger charge is 2.13. The molecule has 2 rings (SSSR count). The maximum atomic E-state index is 10.8. The van der Waals surface area contributed by atoms with Crippen LogP contribution in [0.4, 0.5) is 5.69 Å². The number of nitro groups is 1. The fourth-order valence-electron chi connectivity index (χ4n) is 1.44. The molecule has 0 bridgehead atoms. The molecule has 0 fully saturated rings. The van der Waals surface area contributed by atoms with Crippen LogP contribution < -0.4 is 5.32 Å². The van der Waals surface area contributed by atoms with Crippen LogP contribution >= 0.6 is 11.6 Å². The van der Waals surface area contributed by atoms with Gasteiger partial charge in [0.05, 0.1) is 11.5 Å². The standard InChI is InChI=1S/C10H9ClN4O3/c11-8-2-1-7(9(3-8)15(16)17)4-12-5-10-13-6-18-14-10/h1-3,6,12H,4-5H2. The van der Waals surface area contributed by atoms with Crippen molar-refractivity contribution in [3.05, 3.63) is 51.1 Å². The molecule has 1 N–H and O–H groups in total. The summed E-state index contributed by atoms with van der Waals surface area (Å²) in [6.45, 7) is 0.693. The quantitative estimate of drug-likeness (QED) is 0.658. The molecule has 0 saturated carbocycles. The van der Waals surface area contributed by atoms with Crippen molar-refractivity contribution in [1.29, 1.82) is 0 Å². The lowest BCUT2D eigenvalue weighted by molar-refractivity contribution is -0.385. The molecular formula is C10H9ClN4O3. The van der Waals surface area contributed by atoms with Crippen molar-refractivity contribution in [3.8, 4) is 0 Å². The van der Waals surface area contributed by atoms with Crippen molar-refractivity contribution in [1.82, 2.24) is 15.5 Å². The minimum Gasteiger partial charge on any atom is -0.343 e. The van der Waals surface area contributed by atoms with Gasteiger partial charge >= 0.3 is 0 Å². The first-order valence-corrected chi connectivity index (χ1v) is 5.43. The highest BCUT2D eigenvalue weighted by molar-refractivity contribution is 6.30. The van der Waals surface area contributed by atoms with Gasteiger partial charge in [-0.25, -0.2) is 0 Å². The lowest BCUT2D eigenvalue weighted by atomic mass is 10.2. The van der Waals surface area contributed by atoms with E-state index in [2.05, 4.69) is 20.0 Å². The summed E-state index contributed by atoms with van der Waals surface area (Å²) in [7, 11) is 0. The Morgan fingerprint density at radius 2 is 2.28 bits per heavy atom.